The van der Waals surface area contributed by atoms with Crippen molar-refractivity contribution in [2.75, 3.05) is 24.7 Å². The minimum atomic E-state index is -0.232. The first kappa shape index (κ1) is 12.9. The molecule has 0 radical (unpaired) electrons. The number of imide groups is 1. The molecule has 0 unspecified atom stereocenters. The van der Waals surface area contributed by atoms with Crippen molar-refractivity contribution in [3.63, 3.8) is 0 Å². The van der Waals surface area contributed by atoms with Gasteiger partial charge < -0.3 is 4.90 Å². The van der Waals surface area contributed by atoms with Crippen molar-refractivity contribution < 1.29 is 9.59 Å². The summed E-state index contributed by atoms with van der Waals surface area (Å²) in [5.74, 6) is 0.0423. The van der Waals surface area contributed by atoms with E-state index >= 15 is 0 Å². The molecule has 0 spiro atoms. The van der Waals surface area contributed by atoms with Crippen molar-refractivity contribution in [3.8, 4) is 0 Å². The molecule has 1 aromatic rings. The number of carbonyl (C=O) groups is 2. The predicted octanol–water partition coefficient (Wildman–Crippen LogP) is 1.45. The second-order valence-corrected chi connectivity index (χ2v) is 5.11. The lowest BCUT2D eigenvalue weighted by Crippen LogP contribution is -2.41. The van der Waals surface area contributed by atoms with Crippen LogP contribution < -0.4 is 10.3 Å². The van der Waals surface area contributed by atoms with E-state index < -0.39 is 0 Å². The molecule has 1 aromatic carbocycles. The molecule has 1 N–H and O–H groups in total. The maximum atomic E-state index is 11.4. The number of rotatable bonds is 4. The highest BCUT2D eigenvalue weighted by Gasteiger charge is 2.29. The topological polar surface area (TPSA) is 52.6 Å². The summed E-state index contributed by atoms with van der Waals surface area (Å²) in [4.78, 5) is 24.7. The van der Waals surface area contributed by atoms with E-state index in [0.717, 1.165) is 28.0 Å². The highest BCUT2D eigenvalue weighted by molar-refractivity contribution is 8.14. The molecule has 1 heterocycles. The summed E-state index contributed by atoms with van der Waals surface area (Å²) in [5, 5.41) is 0.856. The normalized spacial score (nSPS) is 15.3. The Morgan fingerprint density at radius 1 is 1.28 bits per heavy atom. The molecule has 6 heteroatoms. The van der Waals surface area contributed by atoms with Crippen LogP contribution in [-0.2, 0) is 11.3 Å². The number of hydrazine groups is 1. The molecule has 0 aromatic heterocycles. The number of thioether (sulfide) groups is 1. The SMILES string of the molecule is CN(C)c1ccc(CNN2C(=O)CSC2=O)cc1. The Balaban J connectivity index is 1.94. The van der Waals surface area contributed by atoms with Crippen LogP contribution in [0, 0.1) is 0 Å². The molecule has 96 valence electrons. The van der Waals surface area contributed by atoms with Gasteiger partial charge in [-0.1, -0.05) is 23.9 Å². The number of nitrogens with zero attached hydrogens (tertiary/aromatic N) is 2. The zero-order valence-corrected chi connectivity index (χ0v) is 11.2. The number of hydrogen-bond acceptors (Lipinski definition) is 5. The van der Waals surface area contributed by atoms with E-state index in [9.17, 15) is 9.59 Å². The van der Waals surface area contributed by atoms with Crippen molar-refractivity contribution in [3.05, 3.63) is 29.8 Å². The fourth-order valence-corrected chi connectivity index (χ4v) is 2.26. The predicted molar refractivity (Wildman–Crippen MR) is 72.3 cm³/mol. The Hall–Kier alpha value is -1.53. The summed E-state index contributed by atoms with van der Waals surface area (Å²) in [7, 11) is 3.96. The highest BCUT2D eigenvalue weighted by Crippen LogP contribution is 2.17. The van der Waals surface area contributed by atoms with Crippen molar-refractivity contribution in [2.45, 2.75) is 6.54 Å². The Morgan fingerprint density at radius 3 is 2.44 bits per heavy atom. The number of hydrogen-bond donors (Lipinski definition) is 1. The van der Waals surface area contributed by atoms with Crippen LogP contribution >= 0.6 is 11.8 Å². The molecule has 5 nitrogen and oxygen atoms in total. The van der Waals surface area contributed by atoms with E-state index in [1.54, 1.807) is 0 Å². The van der Waals surface area contributed by atoms with Gasteiger partial charge in [0, 0.05) is 26.3 Å². The van der Waals surface area contributed by atoms with Crippen LogP contribution in [-0.4, -0.2) is 36.0 Å². The Morgan fingerprint density at radius 2 is 1.94 bits per heavy atom. The van der Waals surface area contributed by atoms with Crippen LogP contribution in [0.3, 0.4) is 0 Å². The van der Waals surface area contributed by atoms with E-state index in [1.165, 1.54) is 0 Å². The van der Waals surface area contributed by atoms with Gasteiger partial charge in [0.1, 0.15) is 0 Å². The molecule has 0 bridgehead atoms. The van der Waals surface area contributed by atoms with E-state index in [4.69, 9.17) is 0 Å². The molecule has 2 amide bonds. The lowest BCUT2D eigenvalue weighted by Gasteiger charge is -2.15. The van der Waals surface area contributed by atoms with Crippen LogP contribution in [0.4, 0.5) is 10.5 Å². The minimum Gasteiger partial charge on any atom is -0.378 e. The van der Waals surface area contributed by atoms with Crippen LogP contribution in [0.2, 0.25) is 0 Å². The lowest BCUT2D eigenvalue weighted by atomic mass is 10.2. The standard InChI is InChI=1S/C12H15N3O2S/c1-14(2)10-5-3-9(4-6-10)7-13-15-11(16)8-18-12(15)17/h3-6,13H,7-8H2,1-2H3. The zero-order chi connectivity index (χ0) is 13.1. The van der Waals surface area contributed by atoms with Gasteiger partial charge in [-0.05, 0) is 17.7 Å². The van der Waals surface area contributed by atoms with Gasteiger partial charge in [0.25, 0.3) is 5.91 Å². The minimum absolute atomic E-state index is 0.185. The number of carbonyl (C=O) groups excluding carboxylic acids is 2. The Kier molecular flexibility index (Phi) is 3.88. The van der Waals surface area contributed by atoms with Gasteiger partial charge in [0.2, 0.25) is 0 Å². The van der Waals surface area contributed by atoms with Crippen molar-refractivity contribution in [1.82, 2.24) is 10.4 Å². The van der Waals surface area contributed by atoms with Crippen LogP contribution in [0.1, 0.15) is 5.56 Å². The zero-order valence-electron chi connectivity index (χ0n) is 10.3. The summed E-state index contributed by atoms with van der Waals surface area (Å²) >= 11 is 1.02. The fourth-order valence-electron chi connectivity index (χ4n) is 1.59. The molecule has 0 atom stereocenters. The average molecular weight is 265 g/mol. The fraction of sp³-hybridized carbons (Fsp3) is 0.333. The molecule has 2 rings (SSSR count). The molecule has 1 saturated heterocycles. The summed E-state index contributed by atoms with van der Waals surface area (Å²) in [6.45, 7) is 0.464. The van der Waals surface area contributed by atoms with Crippen LogP contribution in [0.5, 0.6) is 0 Å². The molecule has 1 fully saturated rings. The third kappa shape index (κ3) is 2.83. The molecular weight excluding hydrogens is 250 g/mol. The van der Waals surface area contributed by atoms with Gasteiger partial charge >= 0.3 is 5.24 Å². The molecule has 0 saturated carbocycles. The van der Waals surface area contributed by atoms with Gasteiger partial charge in [0.05, 0.1) is 5.75 Å². The van der Waals surface area contributed by atoms with Gasteiger partial charge in [-0.25, -0.2) is 10.4 Å². The van der Waals surface area contributed by atoms with Gasteiger partial charge in [-0.3, -0.25) is 9.59 Å². The monoisotopic (exact) mass is 265 g/mol. The van der Waals surface area contributed by atoms with E-state index in [-0.39, 0.29) is 16.9 Å². The van der Waals surface area contributed by atoms with Crippen molar-refractivity contribution >= 4 is 28.6 Å². The molecule has 0 aliphatic carbocycles. The van der Waals surface area contributed by atoms with Gasteiger partial charge in [-0.2, -0.15) is 0 Å². The smallest absolute Gasteiger partial charge is 0.303 e. The number of benzene rings is 1. The second kappa shape index (κ2) is 5.41. The maximum absolute atomic E-state index is 11.4. The largest absolute Gasteiger partial charge is 0.378 e. The first-order valence-corrected chi connectivity index (χ1v) is 6.56. The summed E-state index contributed by atoms with van der Waals surface area (Å²) in [5.41, 5.74) is 4.99. The molecular formula is C12H15N3O2S. The van der Waals surface area contributed by atoms with Crippen molar-refractivity contribution in [1.29, 1.82) is 0 Å². The first-order chi connectivity index (χ1) is 8.58. The summed E-state index contributed by atoms with van der Waals surface area (Å²) in [6, 6.07) is 7.94. The van der Waals surface area contributed by atoms with Crippen LogP contribution in [0.15, 0.2) is 24.3 Å². The Bertz CT molecular complexity index is 443. The molecule has 1 aliphatic heterocycles. The number of amides is 2. The Labute approximate surface area is 110 Å². The first-order valence-electron chi connectivity index (χ1n) is 5.57. The third-order valence-electron chi connectivity index (χ3n) is 2.65. The molecule has 18 heavy (non-hydrogen) atoms. The van der Waals surface area contributed by atoms with Gasteiger partial charge in [0.15, 0.2) is 0 Å². The quantitative estimate of drug-likeness (QED) is 0.893. The van der Waals surface area contributed by atoms with E-state index in [2.05, 4.69) is 5.43 Å². The average Bonchev–Trinajstić information content (AvgIpc) is 2.67. The van der Waals surface area contributed by atoms with E-state index in [1.807, 2.05) is 43.3 Å². The van der Waals surface area contributed by atoms with E-state index in [0.29, 0.717) is 6.54 Å². The second-order valence-electron chi connectivity index (χ2n) is 4.18. The highest BCUT2D eigenvalue weighted by atomic mass is 32.2. The summed E-state index contributed by atoms with van der Waals surface area (Å²) < 4.78 is 0. The third-order valence-corrected chi connectivity index (χ3v) is 3.47. The summed E-state index contributed by atoms with van der Waals surface area (Å²) in [6.07, 6.45) is 0. The van der Waals surface area contributed by atoms with Crippen LogP contribution in [0.25, 0.3) is 0 Å². The van der Waals surface area contributed by atoms with Gasteiger partial charge in [-0.15, -0.1) is 0 Å². The maximum Gasteiger partial charge on any atom is 0.303 e. The lowest BCUT2D eigenvalue weighted by molar-refractivity contribution is -0.126. The van der Waals surface area contributed by atoms with Crippen molar-refractivity contribution in [2.24, 2.45) is 0 Å². The molecule has 1 aliphatic rings. The number of nitrogens with one attached hydrogen (secondary N) is 1. The number of anilines is 1.